The van der Waals surface area contributed by atoms with Gasteiger partial charge >= 0.3 is 0 Å². The summed E-state index contributed by atoms with van der Waals surface area (Å²) in [5, 5.41) is 3.08. The topological polar surface area (TPSA) is 84.9 Å². The zero-order chi connectivity index (χ0) is 22.4. The minimum absolute atomic E-state index is 0.309. The Kier molecular flexibility index (Phi) is 7.04. The first-order valence-corrected chi connectivity index (χ1v) is 11.4. The Bertz CT molecular complexity index is 1170. The minimum atomic E-state index is -3.74. The number of hydrogen-bond acceptors (Lipinski definition) is 5. The standard InChI is InChI=1S/C22H21ClN2O5S/c1-29-19-10-6-7-17(14-19)25(31(2,27)28)15-22(26)24-20-13-16(23)11-12-21(20)30-18-8-4-3-5-9-18/h3-14H,15H2,1-2H3,(H,24,26). The Labute approximate surface area is 186 Å². The van der Waals surface area contributed by atoms with Gasteiger partial charge in [-0.3, -0.25) is 9.10 Å². The molecule has 3 aromatic rings. The number of sulfonamides is 1. The fourth-order valence-corrected chi connectivity index (χ4v) is 3.81. The summed E-state index contributed by atoms with van der Waals surface area (Å²) in [7, 11) is -2.26. The molecule has 0 atom stereocenters. The summed E-state index contributed by atoms with van der Waals surface area (Å²) in [4.78, 5) is 12.8. The fourth-order valence-electron chi connectivity index (χ4n) is 2.79. The molecule has 1 N–H and O–H groups in total. The second-order valence-corrected chi connectivity index (χ2v) is 8.92. The Morgan fingerprint density at radius 1 is 1.00 bits per heavy atom. The average molecular weight is 461 g/mol. The molecular weight excluding hydrogens is 440 g/mol. The van der Waals surface area contributed by atoms with E-state index in [0.717, 1.165) is 10.6 Å². The van der Waals surface area contributed by atoms with Crippen LogP contribution in [-0.4, -0.2) is 34.2 Å². The third kappa shape index (κ3) is 6.13. The van der Waals surface area contributed by atoms with Crippen molar-refractivity contribution in [2.45, 2.75) is 0 Å². The highest BCUT2D eigenvalue weighted by molar-refractivity contribution is 7.92. The molecule has 0 aliphatic carbocycles. The van der Waals surface area contributed by atoms with E-state index in [0.29, 0.717) is 33.6 Å². The molecule has 0 bridgehead atoms. The van der Waals surface area contributed by atoms with E-state index < -0.39 is 22.5 Å². The number of rotatable bonds is 8. The minimum Gasteiger partial charge on any atom is -0.497 e. The number of nitrogens with one attached hydrogen (secondary N) is 1. The zero-order valence-corrected chi connectivity index (χ0v) is 18.5. The fraction of sp³-hybridized carbons (Fsp3) is 0.136. The van der Waals surface area contributed by atoms with Crippen LogP contribution in [0.15, 0.2) is 72.8 Å². The van der Waals surface area contributed by atoms with Crippen LogP contribution in [0.5, 0.6) is 17.2 Å². The van der Waals surface area contributed by atoms with Gasteiger partial charge < -0.3 is 14.8 Å². The van der Waals surface area contributed by atoms with Gasteiger partial charge in [0, 0.05) is 11.1 Å². The van der Waals surface area contributed by atoms with E-state index in [1.54, 1.807) is 42.5 Å². The van der Waals surface area contributed by atoms with E-state index in [1.165, 1.54) is 19.2 Å². The maximum absolute atomic E-state index is 12.8. The maximum atomic E-state index is 12.8. The Balaban J connectivity index is 1.83. The predicted octanol–water partition coefficient (Wildman–Crippen LogP) is 4.55. The number of anilines is 2. The number of hydrogen-bond donors (Lipinski definition) is 1. The molecule has 0 unspecified atom stereocenters. The van der Waals surface area contributed by atoms with Crippen molar-refractivity contribution in [1.82, 2.24) is 0 Å². The molecule has 0 spiro atoms. The van der Waals surface area contributed by atoms with Crippen LogP contribution in [-0.2, 0) is 14.8 Å². The summed E-state index contributed by atoms with van der Waals surface area (Å²) < 4.78 is 36.7. The van der Waals surface area contributed by atoms with Gasteiger partial charge in [0.05, 0.1) is 24.7 Å². The van der Waals surface area contributed by atoms with E-state index in [1.807, 2.05) is 18.2 Å². The molecule has 9 heteroatoms. The Morgan fingerprint density at radius 2 is 1.71 bits per heavy atom. The van der Waals surface area contributed by atoms with Crippen molar-refractivity contribution in [3.05, 3.63) is 77.8 Å². The highest BCUT2D eigenvalue weighted by Gasteiger charge is 2.22. The monoisotopic (exact) mass is 460 g/mol. The molecule has 0 saturated heterocycles. The van der Waals surface area contributed by atoms with Gasteiger partial charge in [0.1, 0.15) is 18.0 Å². The third-order valence-corrected chi connectivity index (χ3v) is 5.59. The van der Waals surface area contributed by atoms with E-state index in [-0.39, 0.29) is 0 Å². The predicted molar refractivity (Wildman–Crippen MR) is 122 cm³/mol. The number of carbonyl (C=O) groups excluding carboxylic acids is 1. The molecular formula is C22H21ClN2O5S. The zero-order valence-electron chi connectivity index (χ0n) is 16.9. The van der Waals surface area contributed by atoms with Crippen molar-refractivity contribution < 1.29 is 22.7 Å². The summed E-state index contributed by atoms with van der Waals surface area (Å²) >= 11 is 6.08. The van der Waals surface area contributed by atoms with Crippen LogP contribution in [0.1, 0.15) is 0 Å². The first kappa shape index (κ1) is 22.5. The van der Waals surface area contributed by atoms with Crippen LogP contribution in [0.3, 0.4) is 0 Å². The number of nitrogens with zero attached hydrogens (tertiary/aromatic N) is 1. The van der Waals surface area contributed by atoms with Gasteiger partial charge in [-0.05, 0) is 42.5 Å². The van der Waals surface area contributed by atoms with Crippen LogP contribution in [0.25, 0.3) is 0 Å². The average Bonchev–Trinajstić information content (AvgIpc) is 2.74. The lowest BCUT2D eigenvalue weighted by molar-refractivity contribution is -0.114. The molecule has 0 aliphatic heterocycles. The lowest BCUT2D eigenvalue weighted by atomic mass is 10.2. The second kappa shape index (κ2) is 9.72. The molecule has 0 fully saturated rings. The Morgan fingerprint density at radius 3 is 2.39 bits per heavy atom. The maximum Gasteiger partial charge on any atom is 0.245 e. The van der Waals surface area contributed by atoms with Gasteiger partial charge in [-0.2, -0.15) is 0 Å². The number of para-hydroxylation sites is 1. The summed E-state index contributed by atoms with van der Waals surface area (Å²) in [6.07, 6.45) is 1.03. The summed E-state index contributed by atoms with van der Waals surface area (Å²) in [5.41, 5.74) is 0.629. The van der Waals surface area contributed by atoms with Gasteiger partial charge in [-0.1, -0.05) is 35.9 Å². The normalized spacial score (nSPS) is 10.9. The first-order chi connectivity index (χ1) is 14.8. The lowest BCUT2D eigenvalue weighted by Gasteiger charge is -2.22. The van der Waals surface area contributed by atoms with E-state index >= 15 is 0 Å². The first-order valence-electron chi connectivity index (χ1n) is 9.20. The largest absolute Gasteiger partial charge is 0.497 e. The van der Waals surface area contributed by atoms with Crippen molar-refractivity contribution in [3.8, 4) is 17.2 Å². The number of ether oxygens (including phenoxy) is 2. The van der Waals surface area contributed by atoms with Crippen LogP contribution in [0, 0.1) is 0 Å². The van der Waals surface area contributed by atoms with Gasteiger partial charge in [-0.15, -0.1) is 0 Å². The molecule has 0 radical (unpaired) electrons. The van der Waals surface area contributed by atoms with Crippen molar-refractivity contribution in [2.75, 3.05) is 29.5 Å². The van der Waals surface area contributed by atoms with Crippen molar-refractivity contribution in [2.24, 2.45) is 0 Å². The van der Waals surface area contributed by atoms with Crippen molar-refractivity contribution in [1.29, 1.82) is 0 Å². The molecule has 162 valence electrons. The van der Waals surface area contributed by atoms with Crippen LogP contribution in [0.2, 0.25) is 5.02 Å². The van der Waals surface area contributed by atoms with Crippen LogP contribution >= 0.6 is 11.6 Å². The number of benzene rings is 3. The quantitative estimate of drug-likeness (QED) is 0.533. The number of halogens is 1. The molecule has 0 aliphatic rings. The molecule has 0 heterocycles. The SMILES string of the molecule is COc1cccc(N(CC(=O)Nc2cc(Cl)ccc2Oc2ccccc2)S(C)(=O)=O)c1. The summed E-state index contributed by atoms with van der Waals surface area (Å²) in [5.74, 6) is 0.860. The molecule has 1 amide bonds. The number of amides is 1. The molecule has 7 nitrogen and oxygen atoms in total. The van der Waals surface area contributed by atoms with Crippen molar-refractivity contribution >= 4 is 38.9 Å². The Hall–Kier alpha value is -3.23. The number of carbonyl (C=O) groups is 1. The van der Waals surface area contributed by atoms with E-state index in [2.05, 4.69) is 5.32 Å². The lowest BCUT2D eigenvalue weighted by Crippen LogP contribution is -2.37. The van der Waals surface area contributed by atoms with E-state index in [4.69, 9.17) is 21.1 Å². The smallest absolute Gasteiger partial charge is 0.245 e. The van der Waals surface area contributed by atoms with Crippen LogP contribution < -0.4 is 19.1 Å². The highest BCUT2D eigenvalue weighted by atomic mass is 35.5. The molecule has 3 rings (SSSR count). The van der Waals surface area contributed by atoms with E-state index in [9.17, 15) is 13.2 Å². The van der Waals surface area contributed by atoms with Gasteiger partial charge in [0.25, 0.3) is 0 Å². The molecule has 0 saturated carbocycles. The third-order valence-electron chi connectivity index (χ3n) is 4.22. The second-order valence-electron chi connectivity index (χ2n) is 6.57. The number of methoxy groups -OCH3 is 1. The molecule has 3 aromatic carbocycles. The van der Waals surface area contributed by atoms with Crippen molar-refractivity contribution in [3.63, 3.8) is 0 Å². The van der Waals surface area contributed by atoms with Gasteiger partial charge in [0.2, 0.25) is 15.9 Å². The molecule has 0 aromatic heterocycles. The molecule has 31 heavy (non-hydrogen) atoms. The highest BCUT2D eigenvalue weighted by Crippen LogP contribution is 2.32. The van der Waals surface area contributed by atoms with Gasteiger partial charge in [0.15, 0.2) is 5.75 Å². The van der Waals surface area contributed by atoms with Gasteiger partial charge in [-0.25, -0.2) is 8.42 Å². The summed E-state index contributed by atoms with van der Waals surface area (Å²) in [6, 6.07) is 20.3. The van der Waals surface area contributed by atoms with Crippen LogP contribution in [0.4, 0.5) is 11.4 Å². The summed E-state index contributed by atoms with van der Waals surface area (Å²) in [6.45, 7) is -0.441.